The van der Waals surface area contributed by atoms with Gasteiger partial charge in [-0.25, -0.2) is 0 Å². The molecular weight excluding hydrogens is 196 g/mol. The Kier molecular flexibility index (Phi) is 6.97. The zero-order valence-electron chi connectivity index (χ0n) is 9.28. The lowest BCUT2D eigenvalue weighted by atomic mass is 10.2. The molecule has 0 rings (SSSR count). The fourth-order valence-electron chi connectivity index (χ4n) is 0.866. The van der Waals surface area contributed by atoms with E-state index in [-0.39, 0.29) is 24.6 Å². The van der Waals surface area contributed by atoms with Gasteiger partial charge in [0.25, 0.3) is 0 Å². The first-order valence-corrected chi connectivity index (χ1v) is 4.78. The van der Waals surface area contributed by atoms with Crippen molar-refractivity contribution < 1.29 is 19.1 Å². The second kappa shape index (κ2) is 7.79. The molecule has 0 unspecified atom stereocenters. The Morgan fingerprint density at radius 2 is 1.93 bits per heavy atom. The number of allylic oxidation sites excluding steroid dienone is 3. The van der Waals surface area contributed by atoms with Gasteiger partial charge in [-0.05, 0) is 26.8 Å². The molecule has 0 aliphatic heterocycles. The van der Waals surface area contributed by atoms with Gasteiger partial charge < -0.3 is 9.47 Å². The first-order chi connectivity index (χ1) is 7.15. The summed E-state index contributed by atoms with van der Waals surface area (Å²) in [6.07, 6.45) is 4.27. The highest BCUT2D eigenvalue weighted by Gasteiger charge is 2.15. The van der Waals surface area contributed by atoms with E-state index in [4.69, 9.17) is 4.74 Å². The first-order valence-electron chi connectivity index (χ1n) is 4.78. The van der Waals surface area contributed by atoms with Crippen LogP contribution in [0.2, 0.25) is 0 Å². The topological polar surface area (TPSA) is 52.6 Å². The molecule has 0 radical (unpaired) electrons. The molecule has 0 spiro atoms. The van der Waals surface area contributed by atoms with Crippen LogP contribution in [0.4, 0.5) is 0 Å². The summed E-state index contributed by atoms with van der Waals surface area (Å²) in [5.41, 5.74) is 0. The van der Waals surface area contributed by atoms with Crippen LogP contribution in [0, 0.1) is 0 Å². The quantitative estimate of drug-likeness (QED) is 0.292. The largest absolute Gasteiger partial charge is 0.466 e. The molecule has 0 aliphatic carbocycles. The second-order valence-electron chi connectivity index (χ2n) is 2.65. The van der Waals surface area contributed by atoms with E-state index in [0.29, 0.717) is 0 Å². The average molecular weight is 212 g/mol. The number of carbonyl (C=O) groups excluding carboxylic acids is 2. The highest BCUT2D eigenvalue weighted by atomic mass is 16.5. The number of Topliss-reactive ketones (excluding diaryl/α,β-unsaturated/α-hetero) is 1. The first kappa shape index (κ1) is 13.4. The summed E-state index contributed by atoms with van der Waals surface area (Å²) in [6, 6.07) is 0. The van der Waals surface area contributed by atoms with Crippen molar-refractivity contribution in [3.8, 4) is 0 Å². The number of rotatable bonds is 6. The molecular formula is C11H16O4. The van der Waals surface area contributed by atoms with Crippen molar-refractivity contribution in [2.45, 2.75) is 27.2 Å². The summed E-state index contributed by atoms with van der Waals surface area (Å²) in [6.45, 7) is 5.40. The van der Waals surface area contributed by atoms with Crippen LogP contribution < -0.4 is 0 Å². The number of esters is 1. The van der Waals surface area contributed by atoms with Crippen LogP contribution in [0.15, 0.2) is 24.2 Å². The maximum absolute atomic E-state index is 11.4. The summed E-state index contributed by atoms with van der Waals surface area (Å²) < 4.78 is 9.66. The molecule has 0 N–H and O–H groups in total. The van der Waals surface area contributed by atoms with Gasteiger partial charge in [0.05, 0.1) is 12.9 Å². The van der Waals surface area contributed by atoms with Gasteiger partial charge in [-0.3, -0.25) is 9.59 Å². The number of carbonyl (C=O) groups is 2. The van der Waals surface area contributed by atoms with Crippen molar-refractivity contribution in [1.29, 1.82) is 0 Å². The van der Waals surface area contributed by atoms with E-state index in [1.54, 1.807) is 26.8 Å². The highest BCUT2D eigenvalue weighted by molar-refractivity contribution is 6.04. The van der Waals surface area contributed by atoms with Crippen molar-refractivity contribution in [1.82, 2.24) is 0 Å². The van der Waals surface area contributed by atoms with Crippen LogP contribution in [0.3, 0.4) is 0 Å². The Balaban J connectivity index is 4.23. The van der Waals surface area contributed by atoms with Crippen LogP contribution in [0.25, 0.3) is 0 Å². The molecule has 0 heterocycles. The molecule has 0 amide bonds. The SMILES string of the molecule is C/C=C\O/C(=C\C)C(=O)CC(=O)OCC. The minimum Gasteiger partial charge on any atom is -0.466 e. The molecule has 0 aromatic carbocycles. The van der Waals surface area contributed by atoms with Crippen molar-refractivity contribution in [3.05, 3.63) is 24.2 Å². The number of ketones is 1. The van der Waals surface area contributed by atoms with Crippen molar-refractivity contribution >= 4 is 11.8 Å². The molecule has 0 saturated carbocycles. The van der Waals surface area contributed by atoms with Gasteiger partial charge in [0.15, 0.2) is 5.76 Å². The lowest BCUT2D eigenvalue weighted by molar-refractivity contribution is -0.145. The maximum Gasteiger partial charge on any atom is 0.313 e. The predicted octanol–water partition coefficient (Wildman–Crippen LogP) is 1.96. The van der Waals surface area contributed by atoms with Gasteiger partial charge in [-0.15, -0.1) is 0 Å². The van der Waals surface area contributed by atoms with Crippen LogP contribution in [0.1, 0.15) is 27.2 Å². The van der Waals surface area contributed by atoms with Gasteiger partial charge in [-0.1, -0.05) is 6.08 Å². The van der Waals surface area contributed by atoms with Gasteiger partial charge in [0, 0.05) is 0 Å². The van der Waals surface area contributed by atoms with Crippen molar-refractivity contribution in [2.75, 3.05) is 6.61 Å². The third-order valence-corrected chi connectivity index (χ3v) is 1.48. The van der Waals surface area contributed by atoms with Crippen LogP contribution in [-0.4, -0.2) is 18.4 Å². The molecule has 4 heteroatoms. The van der Waals surface area contributed by atoms with Crippen molar-refractivity contribution in [2.24, 2.45) is 0 Å². The van der Waals surface area contributed by atoms with Gasteiger partial charge in [-0.2, -0.15) is 0 Å². The highest BCUT2D eigenvalue weighted by Crippen LogP contribution is 2.04. The summed E-state index contributed by atoms with van der Waals surface area (Å²) in [7, 11) is 0. The Morgan fingerprint density at radius 1 is 1.27 bits per heavy atom. The Morgan fingerprint density at radius 3 is 2.40 bits per heavy atom. The summed E-state index contributed by atoms with van der Waals surface area (Å²) in [5, 5.41) is 0. The van der Waals surface area contributed by atoms with E-state index in [0.717, 1.165) is 0 Å². The zero-order valence-corrected chi connectivity index (χ0v) is 9.28. The molecule has 0 bridgehead atoms. The molecule has 0 saturated heterocycles. The zero-order chi connectivity index (χ0) is 11.7. The minimum atomic E-state index is -0.536. The van der Waals surface area contributed by atoms with Crippen LogP contribution >= 0.6 is 0 Å². The number of hydrogen-bond acceptors (Lipinski definition) is 4. The summed E-state index contributed by atoms with van der Waals surface area (Å²) in [5.74, 6) is -0.763. The van der Waals surface area contributed by atoms with Crippen molar-refractivity contribution in [3.63, 3.8) is 0 Å². The van der Waals surface area contributed by atoms with E-state index in [2.05, 4.69) is 4.74 Å². The van der Waals surface area contributed by atoms with Gasteiger partial charge in [0.1, 0.15) is 6.42 Å². The summed E-state index contributed by atoms with van der Waals surface area (Å²) in [4.78, 5) is 22.4. The number of ether oxygens (including phenoxy) is 2. The second-order valence-corrected chi connectivity index (χ2v) is 2.65. The Labute approximate surface area is 89.6 Å². The van der Waals surface area contributed by atoms with Gasteiger partial charge >= 0.3 is 5.97 Å². The molecule has 0 aromatic heterocycles. The minimum absolute atomic E-state index is 0.154. The fraction of sp³-hybridized carbons (Fsp3) is 0.455. The maximum atomic E-state index is 11.4. The van der Waals surface area contributed by atoms with E-state index < -0.39 is 5.97 Å². The standard InChI is InChI=1S/C11H16O4/c1-4-7-15-10(5-2)9(12)8-11(13)14-6-3/h4-5,7H,6,8H2,1-3H3/b7-4-,10-5-. The molecule has 0 atom stereocenters. The van der Waals surface area contributed by atoms with E-state index in [1.165, 1.54) is 12.3 Å². The smallest absolute Gasteiger partial charge is 0.313 e. The fourth-order valence-corrected chi connectivity index (χ4v) is 0.866. The van der Waals surface area contributed by atoms with E-state index >= 15 is 0 Å². The lowest BCUT2D eigenvalue weighted by Crippen LogP contribution is -2.13. The predicted molar refractivity (Wildman–Crippen MR) is 55.9 cm³/mol. The van der Waals surface area contributed by atoms with Gasteiger partial charge in [0.2, 0.25) is 5.78 Å². The Bertz CT molecular complexity index is 276. The van der Waals surface area contributed by atoms with Crippen LogP contribution in [0.5, 0.6) is 0 Å². The number of hydrogen-bond donors (Lipinski definition) is 0. The molecule has 84 valence electrons. The Hall–Kier alpha value is -1.58. The molecule has 0 aliphatic rings. The monoisotopic (exact) mass is 212 g/mol. The normalized spacial score (nSPS) is 11.5. The molecule has 0 fully saturated rings. The lowest BCUT2D eigenvalue weighted by Gasteiger charge is -2.04. The van der Waals surface area contributed by atoms with Crippen LogP contribution in [-0.2, 0) is 19.1 Å². The summed E-state index contributed by atoms with van der Waals surface area (Å²) >= 11 is 0. The van der Waals surface area contributed by atoms with E-state index in [1.807, 2.05) is 0 Å². The van der Waals surface area contributed by atoms with E-state index in [9.17, 15) is 9.59 Å². The third kappa shape index (κ3) is 5.67. The molecule has 15 heavy (non-hydrogen) atoms. The molecule has 4 nitrogen and oxygen atoms in total. The third-order valence-electron chi connectivity index (χ3n) is 1.48. The average Bonchev–Trinajstić information content (AvgIpc) is 2.19. The molecule has 0 aromatic rings.